The molecule has 0 aromatic heterocycles. The Bertz CT molecular complexity index is 1070. The van der Waals surface area contributed by atoms with E-state index in [1.54, 1.807) is 36.1 Å². The first-order valence-corrected chi connectivity index (χ1v) is 11.5. The van der Waals surface area contributed by atoms with Crippen molar-refractivity contribution in [3.8, 4) is 0 Å². The molecule has 0 spiro atoms. The number of benzene rings is 2. The largest absolute Gasteiger partial charge is 0.339 e. The molecule has 0 unspecified atom stereocenters. The van der Waals surface area contributed by atoms with Crippen molar-refractivity contribution < 1.29 is 19.2 Å². The first kappa shape index (κ1) is 25.0. The van der Waals surface area contributed by atoms with Gasteiger partial charge >= 0.3 is 6.03 Å². The van der Waals surface area contributed by atoms with Crippen LogP contribution in [-0.4, -0.2) is 53.2 Å². The van der Waals surface area contributed by atoms with E-state index in [-0.39, 0.29) is 5.91 Å². The van der Waals surface area contributed by atoms with Crippen molar-refractivity contribution in [1.82, 2.24) is 15.1 Å². The van der Waals surface area contributed by atoms with E-state index in [9.17, 15) is 19.2 Å². The van der Waals surface area contributed by atoms with E-state index in [1.165, 1.54) is 0 Å². The van der Waals surface area contributed by atoms with Crippen molar-refractivity contribution in [2.24, 2.45) is 0 Å². The fourth-order valence-corrected chi connectivity index (χ4v) is 3.97. The zero-order chi connectivity index (χ0) is 25.0. The number of hydrogen-bond acceptors (Lipinski definition) is 4. The molecule has 2 aromatic carbocycles. The average molecular weight is 465 g/mol. The van der Waals surface area contributed by atoms with Gasteiger partial charge < -0.3 is 15.5 Å². The second-order valence-corrected chi connectivity index (χ2v) is 8.83. The van der Waals surface area contributed by atoms with Gasteiger partial charge in [-0.1, -0.05) is 38.1 Å². The summed E-state index contributed by atoms with van der Waals surface area (Å²) in [6.45, 7) is 10.4. The van der Waals surface area contributed by atoms with Crippen LogP contribution in [0, 0.1) is 0 Å². The molecular weight excluding hydrogens is 432 g/mol. The molecule has 1 heterocycles. The van der Waals surface area contributed by atoms with Gasteiger partial charge in [0.1, 0.15) is 12.1 Å². The molecule has 0 bridgehead atoms. The molecule has 0 aliphatic carbocycles. The van der Waals surface area contributed by atoms with E-state index < -0.39 is 29.9 Å². The number of rotatable bonds is 8. The van der Waals surface area contributed by atoms with Crippen LogP contribution in [0.3, 0.4) is 0 Å². The van der Waals surface area contributed by atoms with Gasteiger partial charge in [-0.15, -0.1) is 0 Å². The van der Waals surface area contributed by atoms with Crippen LogP contribution in [0.25, 0.3) is 0 Å². The number of nitrogens with one attached hydrogen (secondary N) is 2. The van der Waals surface area contributed by atoms with Crippen molar-refractivity contribution >= 4 is 29.4 Å². The van der Waals surface area contributed by atoms with Crippen LogP contribution in [0.4, 0.5) is 10.5 Å². The van der Waals surface area contributed by atoms with E-state index in [1.807, 2.05) is 38.1 Å². The number of carbonyl (C=O) groups excluding carboxylic acids is 4. The maximum Gasteiger partial charge on any atom is 0.325 e. The molecule has 1 aliphatic heterocycles. The molecular formula is C26H32N4O4. The smallest absolute Gasteiger partial charge is 0.325 e. The van der Waals surface area contributed by atoms with Crippen molar-refractivity contribution in [2.75, 3.05) is 25.0 Å². The minimum atomic E-state index is -1.24. The number of amides is 5. The predicted molar refractivity (Wildman–Crippen MR) is 130 cm³/mol. The van der Waals surface area contributed by atoms with Crippen LogP contribution in [0.5, 0.6) is 0 Å². The monoisotopic (exact) mass is 464 g/mol. The number of anilines is 1. The summed E-state index contributed by atoms with van der Waals surface area (Å²) in [5.41, 5.74) is 1.55. The third kappa shape index (κ3) is 4.95. The Morgan fingerprint density at radius 2 is 1.59 bits per heavy atom. The minimum Gasteiger partial charge on any atom is -0.339 e. The number of nitrogens with zero attached hydrogens (tertiary/aromatic N) is 2. The fourth-order valence-electron chi connectivity index (χ4n) is 3.97. The van der Waals surface area contributed by atoms with E-state index in [0.29, 0.717) is 35.8 Å². The van der Waals surface area contributed by atoms with E-state index in [2.05, 4.69) is 24.5 Å². The molecule has 34 heavy (non-hydrogen) atoms. The second kappa shape index (κ2) is 10.1. The zero-order valence-electron chi connectivity index (χ0n) is 20.3. The van der Waals surface area contributed by atoms with Crippen LogP contribution >= 0.6 is 0 Å². The molecule has 5 amide bonds. The number of imide groups is 1. The van der Waals surface area contributed by atoms with Gasteiger partial charge in [-0.3, -0.25) is 19.3 Å². The highest BCUT2D eigenvalue weighted by molar-refractivity contribution is 6.10. The lowest BCUT2D eigenvalue weighted by Gasteiger charge is -2.22. The molecule has 1 atom stereocenters. The Kier molecular flexibility index (Phi) is 7.39. The molecule has 1 saturated heterocycles. The molecule has 1 fully saturated rings. The predicted octanol–water partition coefficient (Wildman–Crippen LogP) is 3.70. The topological polar surface area (TPSA) is 98.8 Å². The third-order valence-corrected chi connectivity index (χ3v) is 6.20. The molecule has 2 N–H and O–H groups in total. The highest BCUT2D eigenvalue weighted by atomic mass is 16.2. The molecule has 0 radical (unpaired) electrons. The number of carbonyl (C=O) groups is 4. The SMILES string of the molecule is CCN(CC)C(=O)c1ccc(NC(=O)CN2C(=O)N[C@@](C)(c3ccc(C(C)C)cc3)C2=O)cc1. The van der Waals surface area contributed by atoms with Crippen molar-refractivity contribution in [3.05, 3.63) is 65.2 Å². The average Bonchev–Trinajstić information content (AvgIpc) is 3.04. The van der Waals surface area contributed by atoms with Gasteiger partial charge in [0.25, 0.3) is 11.8 Å². The summed E-state index contributed by atoms with van der Waals surface area (Å²) in [4.78, 5) is 53.3. The van der Waals surface area contributed by atoms with Gasteiger partial charge in [-0.25, -0.2) is 4.79 Å². The van der Waals surface area contributed by atoms with Gasteiger partial charge in [0, 0.05) is 24.3 Å². The summed E-state index contributed by atoms with van der Waals surface area (Å²) in [6.07, 6.45) is 0. The van der Waals surface area contributed by atoms with Gasteiger partial charge in [-0.2, -0.15) is 0 Å². The highest BCUT2D eigenvalue weighted by Crippen LogP contribution is 2.30. The van der Waals surface area contributed by atoms with Crippen LogP contribution in [0.15, 0.2) is 48.5 Å². The maximum absolute atomic E-state index is 13.1. The molecule has 8 heteroatoms. The van der Waals surface area contributed by atoms with Crippen LogP contribution in [0.1, 0.15) is 62.0 Å². The lowest BCUT2D eigenvalue weighted by molar-refractivity contribution is -0.133. The summed E-state index contributed by atoms with van der Waals surface area (Å²) in [5.74, 6) is -0.723. The zero-order valence-corrected chi connectivity index (χ0v) is 20.3. The standard InChI is InChI=1S/C26H32N4O4/c1-6-29(7-2)23(32)19-10-14-21(15-11-19)27-22(31)16-30-24(33)26(5,28-25(30)34)20-12-8-18(9-13-20)17(3)4/h8-15,17H,6-7,16H2,1-5H3,(H,27,31)(H,28,34)/t26-/m0/s1. The Morgan fingerprint density at radius 3 is 2.12 bits per heavy atom. The molecule has 1 aliphatic rings. The van der Waals surface area contributed by atoms with Crippen molar-refractivity contribution in [2.45, 2.75) is 46.1 Å². The Hall–Kier alpha value is -3.68. The number of urea groups is 1. The molecule has 0 saturated carbocycles. The molecule has 3 rings (SSSR count). The first-order chi connectivity index (χ1) is 16.1. The lowest BCUT2D eigenvalue weighted by atomic mass is 9.90. The highest BCUT2D eigenvalue weighted by Gasteiger charge is 2.49. The Morgan fingerprint density at radius 1 is 1.00 bits per heavy atom. The van der Waals surface area contributed by atoms with E-state index >= 15 is 0 Å². The van der Waals surface area contributed by atoms with Gasteiger partial charge in [0.2, 0.25) is 5.91 Å². The van der Waals surface area contributed by atoms with E-state index in [4.69, 9.17) is 0 Å². The second-order valence-electron chi connectivity index (χ2n) is 8.83. The van der Waals surface area contributed by atoms with Crippen LogP contribution in [0.2, 0.25) is 0 Å². The maximum atomic E-state index is 13.1. The summed E-state index contributed by atoms with van der Waals surface area (Å²) >= 11 is 0. The molecule has 180 valence electrons. The van der Waals surface area contributed by atoms with Crippen LogP contribution < -0.4 is 10.6 Å². The Balaban J connectivity index is 1.66. The third-order valence-electron chi connectivity index (χ3n) is 6.20. The van der Waals surface area contributed by atoms with Gasteiger partial charge in [-0.05, 0) is 62.1 Å². The van der Waals surface area contributed by atoms with Crippen LogP contribution in [-0.2, 0) is 15.1 Å². The first-order valence-electron chi connectivity index (χ1n) is 11.5. The van der Waals surface area contributed by atoms with Gasteiger partial charge in [0.15, 0.2) is 0 Å². The minimum absolute atomic E-state index is 0.0806. The summed E-state index contributed by atoms with van der Waals surface area (Å²) < 4.78 is 0. The van der Waals surface area contributed by atoms with Gasteiger partial charge in [0.05, 0.1) is 0 Å². The number of hydrogen-bond donors (Lipinski definition) is 2. The quantitative estimate of drug-likeness (QED) is 0.582. The molecule has 2 aromatic rings. The van der Waals surface area contributed by atoms with Crippen molar-refractivity contribution in [1.29, 1.82) is 0 Å². The summed E-state index contributed by atoms with van der Waals surface area (Å²) in [7, 11) is 0. The lowest BCUT2D eigenvalue weighted by Crippen LogP contribution is -2.42. The van der Waals surface area contributed by atoms with Crippen molar-refractivity contribution in [3.63, 3.8) is 0 Å². The summed E-state index contributed by atoms with van der Waals surface area (Å²) in [6, 6.07) is 13.5. The Labute approximate surface area is 200 Å². The molecule has 8 nitrogen and oxygen atoms in total. The summed E-state index contributed by atoms with van der Waals surface area (Å²) in [5, 5.41) is 5.40. The normalized spacial score (nSPS) is 17.6. The van der Waals surface area contributed by atoms with E-state index in [0.717, 1.165) is 10.5 Å². The fraction of sp³-hybridized carbons (Fsp3) is 0.385.